The molecule has 4 rings (SSSR count). The predicted octanol–water partition coefficient (Wildman–Crippen LogP) is 2.11. The van der Waals surface area contributed by atoms with Crippen molar-refractivity contribution in [1.29, 1.82) is 0 Å². The van der Waals surface area contributed by atoms with E-state index in [1.165, 1.54) is 0 Å². The molecule has 0 N–H and O–H groups in total. The molecular weight excluding hydrogens is 324 g/mol. The van der Waals surface area contributed by atoms with Crippen LogP contribution in [0.15, 0.2) is 32.0 Å². The number of hydrogen-bond donors (Lipinski definition) is 0. The summed E-state index contributed by atoms with van der Waals surface area (Å²) >= 11 is 0. The maximum Gasteiger partial charge on any atom is 0.349 e. The monoisotopic (exact) mass is 342 g/mol. The Bertz CT molecular complexity index is 1010. The van der Waals surface area contributed by atoms with E-state index in [-0.39, 0.29) is 5.56 Å². The van der Waals surface area contributed by atoms with Crippen molar-refractivity contribution in [3.05, 3.63) is 34.4 Å². The molecule has 1 fully saturated rings. The Morgan fingerprint density at radius 1 is 1.20 bits per heavy atom. The van der Waals surface area contributed by atoms with E-state index < -0.39 is 5.63 Å². The second kappa shape index (κ2) is 5.93. The SMILES string of the molecule is COc1c2ccoc2cc2oc(=O)c(C=O)c(N3CCN(C)CC3)c12. The molecule has 7 nitrogen and oxygen atoms in total. The first-order valence-electron chi connectivity index (χ1n) is 8.07. The molecule has 0 aliphatic carbocycles. The van der Waals surface area contributed by atoms with Gasteiger partial charge in [-0.05, 0) is 13.1 Å². The fraction of sp³-hybridized carbons (Fsp3) is 0.333. The van der Waals surface area contributed by atoms with Gasteiger partial charge in [-0.25, -0.2) is 4.79 Å². The number of carbonyl (C=O) groups is 1. The fourth-order valence-corrected chi connectivity index (χ4v) is 3.42. The molecular formula is C18H18N2O5. The van der Waals surface area contributed by atoms with E-state index in [0.717, 1.165) is 18.5 Å². The molecule has 1 aliphatic rings. The Labute approximate surface area is 143 Å². The Balaban J connectivity index is 2.09. The first-order chi connectivity index (χ1) is 12.1. The molecule has 0 amide bonds. The maximum atomic E-state index is 12.4. The molecule has 3 aromatic rings. The van der Waals surface area contributed by atoms with Gasteiger partial charge in [0.05, 0.1) is 29.8 Å². The summed E-state index contributed by atoms with van der Waals surface area (Å²) in [5.41, 5.74) is 0.872. The van der Waals surface area contributed by atoms with Gasteiger partial charge in [0.15, 0.2) is 6.29 Å². The zero-order valence-electron chi connectivity index (χ0n) is 14.1. The smallest absolute Gasteiger partial charge is 0.349 e. The van der Waals surface area contributed by atoms with E-state index >= 15 is 0 Å². The first kappa shape index (κ1) is 15.7. The molecule has 0 atom stereocenters. The van der Waals surface area contributed by atoms with Crippen molar-refractivity contribution in [3.63, 3.8) is 0 Å². The molecule has 0 unspecified atom stereocenters. The topological polar surface area (TPSA) is 76.1 Å². The van der Waals surface area contributed by atoms with Crippen molar-refractivity contribution in [2.45, 2.75) is 0 Å². The van der Waals surface area contributed by atoms with Crippen LogP contribution in [0.5, 0.6) is 5.75 Å². The highest BCUT2D eigenvalue weighted by molar-refractivity contribution is 6.10. The zero-order valence-corrected chi connectivity index (χ0v) is 14.1. The summed E-state index contributed by atoms with van der Waals surface area (Å²) in [4.78, 5) is 28.3. The predicted molar refractivity (Wildman–Crippen MR) is 93.9 cm³/mol. The molecule has 130 valence electrons. The van der Waals surface area contributed by atoms with E-state index in [4.69, 9.17) is 13.6 Å². The van der Waals surface area contributed by atoms with Gasteiger partial charge in [-0.2, -0.15) is 0 Å². The van der Waals surface area contributed by atoms with Crippen molar-refractivity contribution in [3.8, 4) is 5.75 Å². The summed E-state index contributed by atoms with van der Waals surface area (Å²) in [6, 6.07) is 3.47. The number of piperazine rings is 1. The second-order valence-electron chi connectivity index (χ2n) is 6.18. The van der Waals surface area contributed by atoms with Gasteiger partial charge in [-0.3, -0.25) is 4.79 Å². The maximum absolute atomic E-state index is 12.4. The molecule has 1 aromatic carbocycles. The summed E-state index contributed by atoms with van der Waals surface area (Å²) < 4.78 is 16.4. The average molecular weight is 342 g/mol. The molecule has 3 heterocycles. The number of fused-ring (bicyclic) bond motifs is 2. The Morgan fingerprint density at radius 2 is 1.96 bits per heavy atom. The molecule has 1 saturated heterocycles. The van der Waals surface area contributed by atoms with Gasteiger partial charge < -0.3 is 23.4 Å². The molecule has 1 aliphatic heterocycles. The minimum atomic E-state index is -0.649. The summed E-state index contributed by atoms with van der Waals surface area (Å²) in [6.45, 7) is 3.11. The molecule has 7 heteroatoms. The van der Waals surface area contributed by atoms with E-state index in [1.54, 1.807) is 25.5 Å². The van der Waals surface area contributed by atoms with E-state index in [2.05, 4.69) is 9.80 Å². The third-order valence-corrected chi connectivity index (χ3v) is 4.73. The van der Waals surface area contributed by atoms with Crippen LogP contribution >= 0.6 is 0 Å². The number of rotatable bonds is 3. The number of nitrogens with zero attached hydrogens (tertiary/aromatic N) is 2. The third kappa shape index (κ3) is 2.39. The number of anilines is 1. The Kier molecular flexibility index (Phi) is 3.73. The largest absolute Gasteiger partial charge is 0.495 e. The van der Waals surface area contributed by atoms with E-state index in [1.807, 2.05) is 7.05 Å². The van der Waals surface area contributed by atoms with E-state index in [0.29, 0.717) is 47.4 Å². The lowest BCUT2D eigenvalue weighted by Gasteiger charge is -2.35. The standard InChI is InChI=1S/C18H18N2O5/c1-19-4-6-20(7-5-19)16-12(10-21)18(22)25-14-9-13-11(3-8-24-13)17(23-2)15(14)16/h3,8-10H,4-7H2,1-2H3. The van der Waals surface area contributed by atoms with Crippen LogP contribution in [0.3, 0.4) is 0 Å². The number of benzene rings is 1. The van der Waals surface area contributed by atoms with Crippen LogP contribution in [0, 0.1) is 0 Å². The number of furan rings is 1. The highest BCUT2D eigenvalue weighted by atomic mass is 16.5. The number of likely N-dealkylation sites (N-methyl/N-ethyl adjacent to an activating group) is 1. The lowest BCUT2D eigenvalue weighted by Crippen LogP contribution is -2.45. The van der Waals surface area contributed by atoms with Crippen molar-refractivity contribution < 1.29 is 18.4 Å². The van der Waals surface area contributed by atoms with Crippen LogP contribution in [0.25, 0.3) is 21.9 Å². The van der Waals surface area contributed by atoms with Gasteiger partial charge in [-0.1, -0.05) is 0 Å². The van der Waals surface area contributed by atoms with Crippen molar-refractivity contribution in [2.75, 3.05) is 45.2 Å². The summed E-state index contributed by atoms with van der Waals surface area (Å²) in [5.74, 6) is 0.544. The minimum Gasteiger partial charge on any atom is -0.495 e. The van der Waals surface area contributed by atoms with Gasteiger partial charge in [0.25, 0.3) is 0 Å². The van der Waals surface area contributed by atoms with E-state index in [9.17, 15) is 9.59 Å². The number of methoxy groups -OCH3 is 1. The second-order valence-corrected chi connectivity index (χ2v) is 6.18. The lowest BCUT2D eigenvalue weighted by molar-refractivity contribution is 0.112. The fourth-order valence-electron chi connectivity index (χ4n) is 3.42. The van der Waals surface area contributed by atoms with Gasteiger partial charge in [0, 0.05) is 32.2 Å². The number of hydrogen-bond acceptors (Lipinski definition) is 7. The minimum absolute atomic E-state index is 0.0261. The van der Waals surface area contributed by atoms with Crippen LogP contribution in [0.1, 0.15) is 10.4 Å². The van der Waals surface area contributed by atoms with Gasteiger partial charge in [0.1, 0.15) is 22.5 Å². The molecule has 25 heavy (non-hydrogen) atoms. The average Bonchev–Trinajstić information content (AvgIpc) is 3.07. The van der Waals surface area contributed by atoms with Gasteiger partial charge >= 0.3 is 5.63 Å². The molecule has 0 bridgehead atoms. The molecule has 0 radical (unpaired) electrons. The number of ether oxygens (including phenoxy) is 1. The van der Waals surface area contributed by atoms with Crippen LogP contribution in [0.4, 0.5) is 5.69 Å². The highest BCUT2D eigenvalue weighted by Crippen LogP contribution is 2.41. The zero-order chi connectivity index (χ0) is 17.6. The molecule has 2 aromatic heterocycles. The lowest BCUT2D eigenvalue weighted by atomic mass is 10.1. The quantitative estimate of drug-likeness (QED) is 0.533. The number of carbonyl (C=O) groups excluding carboxylic acids is 1. The highest BCUT2D eigenvalue weighted by Gasteiger charge is 2.26. The third-order valence-electron chi connectivity index (χ3n) is 4.73. The van der Waals surface area contributed by atoms with Crippen LogP contribution in [0.2, 0.25) is 0 Å². The van der Waals surface area contributed by atoms with Crippen LogP contribution in [-0.4, -0.2) is 51.5 Å². The van der Waals surface area contributed by atoms with Crippen molar-refractivity contribution in [2.24, 2.45) is 0 Å². The summed E-state index contributed by atoms with van der Waals surface area (Å²) in [6.07, 6.45) is 2.12. The van der Waals surface area contributed by atoms with Crippen molar-refractivity contribution >= 4 is 33.9 Å². The Hall–Kier alpha value is -2.80. The van der Waals surface area contributed by atoms with Crippen molar-refractivity contribution in [1.82, 2.24) is 4.90 Å². The summed E-state index contributed by atoms with van der Waals surface area (Å²) in [5, 5.41) is 1.40. The normalized spacial score (nSPS) is 15.8. The van der Waals surface area contributed by atoms with Gasteiger partial charge in [0.2, 0.25) is 0 Å². The first-order valence-corrected chi connectivity index (χ1v) is 8.07. The van der Waals surface area contributed by atoms with Crippen LogP contribution in [-0.2, 0) is 0 Å². The van der Waals surface area contributed by atoms with Gasteiger partial charge in [-0.15, -0.1) is 0 Å². The molecule has 0 saturated carbocycles. The summed E-state index contributed by atoms with van der Waals surface area (Å²) in [7, 11) is 3.60. The van der Waals surface area contributed by atoms with Crippen LogP contribution < -0.4 is 15.3 Å². The molecule has 0 spiro atoms. The Morgan fingerprint density at radius 3 is 2.64 bits per heavy atom. The number of aldehydes is 1.